The van der Waals surface area contributed by atoms with Gasteiger partial charge in [0.05, 0.1) is 12.8 Å². The van der Waals surface area contributed by atoms with Gasteiger partial charge < -0.3 is 9.64 Å². The normalized spacial score (nSPS) is 11.4. The fraction of sp³-hybridized carbons (Fsp3) is 0.467. The Morgan fingerprint density at radius 2 is 2.17 bits per heavy atom. The molecule has 0 saturated carbocycles. The van der Waals surface area contributed by atoms with E-state index in [0.717, 1.165) is 22.5 Å². The van der Waals surface area contributed by atoms with Crippen LogP contribution in [0.4, 0.5) is 5.82 Å². The number of hydrogen-bond acceptors (Lipinski definition) is 6. The highest BCUT2D eigenvalue weighted by atomic mass is 79.9. The van der Waals surface area contributed by atoms with Crippen LogP contribution in [-0.2, 0) is 14.9 Å². The largest absolute Gasteiger partial charge is 0.468 e. The summed E-state index contributed by atoms with van der Waals surface area (Å²) >= 11 is 3.44. The van der Waals surface area contributed by atoms with Crippen LogP contribution in [0.1, 0.15) is 26.6 Å². The van der Waals surface area contributed by atoms with Crippen LogP contribution in [0.15, 0.2) is 23.1 Å². The van der Waals surface area contributed by atoms with E-state index in [1.54, 1.807) is 30.9 Å². The third-order valence-electron chi connectivity index (χ3n) is 3.71. The molecule has 0 N–H and O–H groups in total. The maximum Gasteiger partial charge on any atom is 0.319 e. The number of nitrogens with zero attached hydrogens (tertiary/aromatic N) is 5. The van der Waals surface area contributed by atoms with Crippen molar-refractivity contribution in [3.05, 3.63) is 28.9 Å². The third-order valence-corrected chi connectivity index (χ3v) is 4.15. The van der Waals surface area contributed by atoms with E-state index in [9.17, 15) is 4.79 Å². The fourth-order valence-corrected chi connectivity index (χ4v) is 2.55. The summed E-state index contributed by atoms with van der Waals surface area (Å²) in [5.41, 5.74) is -0.143. The second kappa shape index (κ2) is 6.66. The van der Waals surface area contributed by atoms with Crippen LogP contribution in [0.3, 0.4) is 0 Å². The lowest BCUT2D eigenvalue weighted by atomic mass is 9.92. The molecule has 2 aromatic heterocycles. The summed E-state index contributed by atoms with van der Waals surface area (Å²) in [7, 11) is 3.32. The minimum absolute atomic E-state index is 0.375. The summed E-state index contributed by atoms with van der Waals surface area (Å²) in [6.45, 7) is 6.35. The summed E-state index contributed by atoms with van der Waals surface area (Å²) in [6, 6.07) is 1.93. The monoisotopic (exact) mass is 381 g/mol. The molecule has 8 heteroatoms. The van der Waals surface area contributed by atoms with Gasteiger partial charge in [-0.05, 0) is 42.8 Å². The molecule has 0 aromatic carbocycles. The molecule has 0 bridgehead atoms. The summed E-state index contributed by atoms with van der Waals surface area (Å²) in [4.78, 5) is 18.6. The highest BCUT2D eigenvalue weighted by Gasteiger charge is 2.36. The molecule has 7 nitrogen and oxygen atoms in total. The molecule has 0 aliphatic rings. The molecule has 0 atom stereocenters. The fourth-order valence-electron chi connectivity index (χ4n) is 2.23. The number of ether oxygens (including phenoxy) is 1. The zero-order valence-corrected chi connectivity index (χ0v) is 15.5. The average molecular weight is 382 g/mol. The molecule has 2 rings (SSSR count). The van der Waals surface area contributed by atoms with Crippen molar-refractivity contribution in [3.8, 4) is 5.69 Å². The van der Waals surface area contributed by atoms with Crippen LogP contribution in [0.2, 0.25) is 0 Å². The first-order valence-electron chi connectivity index (χ1n) is 7.18. The van der Waals surface area contributed by atoms with E-state index in [4.69, 9.17) is 4.74 Å². The van der Waals surface area contributed by atoms with Crippen molar-refractivity contribution in [2.45, 2.75) is 26.2 Å². The molecular weight excluding hydrogens is 362 g/mol. The van der Waals surface area contributed by atoms with Crippen LogP contribution < -0.4 is 4.90 Å². The second-order valence-electron chi connectivity index (χ2n) is 5.65. The van der Waals surface area contributed by atoms with E-state index < -0.39 is 5.41 Å². The second-order valence-corrected chi connectivity index (χ2v) is 6.57. The number of carbonyl (C=O) groups excluding carboxylic acids is 1. The molecule has 0 unspecified atom stereocenters. The SMILES string of the molecule is CCN(C)c1ncc(Br)cc1-n1cnnc1C(C)(C)C(=O)OC. The molecule has 0 radical (unpaired) electrons. The lowest BCUT2D eigenvalue weighted by Gasteiger charge is -2.24. The minimum atomic E-state index is -0.935. The molecule has 0 aliphatic heterocycles. The number of anilines is 1. The van der Waals surface area contributed by atoms with Gasteiger partial charge in [-0.3, -0.25) is 9.36 Å². The van der Waals surface area contributed by atoms with Gasteiger partial charge in [0.1, 0.15) is 11.7 Å². The standard InChI is InChI=1S/C15H20BrN5O2/c1-6-20(4)12-11(7-10(16)8-17-12)21-9-18-19-13(21)15(2,3)14(22)23-5/h7-9H,6H2,1-5H3. The Hall–Kier alpha value is -1.96. The number of esters is 1. The predicted molar refractivity (Wildman–Crippen MR) is 90.8 cm³/mol. The van der Waals surface area contributed by atoms with Crippen molar-refractivity contribution in [1.82, 2.24) is 19.7 Å². The van der Waals surface area contributed by atoms with Gasteiger partial charge in [-0.2, -0.15) is 0 Å². The molecule has 23 heavy (non-hydrogen) atoms. The van der Waals surface area contributed by atoms with Crippen molar-refractivity contribution in [2.24, 2.45) is 0 Å². The van der Waals surface area contributed by atoms with Gasteiger partial charge in [-0.1, -0.05) is 0 Å². The van der Waals surface area contributed by atoms with E-state index >= 15 is 0 Å². The summed E-state index contributed by atoms with van der Waals surface area (Å²) in [5, 5.41) is 8.12. The van der Waals surface area contributed by atoms with Crippen LogP contribution >= 0.6 is 15.9 Å². The molecule has 0 amide bonds. The van der Waals surface area contributed by atoms with Gasteiger partial charge >= 0.3 is 5.97 Å². The molecule has 0 saturated heterocycles. The Morgan fingerprint density at radius 3 is 2.78 bits per heavy atom. The first kappa shape index (κ1) is 17.4. The van der Waals surface area contributed by atoms with Crippen molar-refractivity contribution in [2.75, 3.05) is 25.6 Å². The van der Waals surface area contributed by atoms with Gasteiger partial charge in [0.25, 0.3) is 0 Å². The maximum atomic E-state index is 12.1. The van der Waals surface area contributed by atoms with Crippen LogP contribution in [0.5, 0.6) is 0 Å². The lowest BCUT2D eigenvalue weighted by Crippen LogP contribution is -2.33. The average Bonchev–Trinajstić information content (AvgIpc) is 3.03. The Labute approximate surface area is 143 Å². The van der Waals surface area contributed by atoms with Crippen molar-refractivity contribution in [1.29, 1.82) is 0 Å². The van der Waals surface area contributed by atoms with Crippen molar-refractivity contribution in [3.63, 3.8) is 0 Å². The quantitative estimate of drug-likeness (QED) is 0.740. The van der Waals surface area contributed by atoms with E-state index in [0.29, 0.717) is 5.82 Å². The Morgan fingerprint density at radius 1 is 1.48 bits per heavy atom. The number of carbonyl (C=O) groups is 1. The van der Waals surface area contributed by atoms with Crippen LogP contribution in [0.25, 0.3) is 5.69 Å². The number of aromatic nitrogens is 4. The molecule has 0 aliphatic carbocycles. The smallest absolute Gasteiger partial charge is 0.319 e. The Balaban J connectivity index is 2.64. The summed E-state index contributed by atoms with van der Waals surface area (Å²) in [5.74, 6) is 0.896. The highest BCUT2D eigenvalue weighted by Crippen LogP contribution is 2.30. The molecule has 124 valence electrons. The zero-order chi connectivity index (χ0) is 17.2. The number of pyridine rings is 1. The zero-order valence-electron chi connectivity index (χ0n) is 13.9. The number of hydrogen-bond donors (Lipinski definition) is 0. The third kappa shape index (κ3) is 3.21. The van der Waals surface area contributed by atoms with Crippen LogP contribution in [0, 0.1) is 0 Å². The molecule has 2 heterocycles. The van der Waals surface area contributed by atoms with E-state index in [1.807, 2.05) is 24.9 Å². The topological polar surface area (TPSA) is 73.1 Å². The first-order chi connectivity index (χ1) is 10.8. The van der Waals surface area contributed by atoms with Gasteiger partial charge in [-0.15, -0.1) is 10.2 Å². The number of rotatable bonds is 5. The molecule has 0 spiro atoms. The van der Waals surface area contributed by atoms with Gasteiger partial charge in [0, 0.05) is 24.3 Å². The highest BCUT2D eigenvalue weighted by molar-refractivity contribution is 9.10. The van der Waals surface area contributed by atoms with E-state index in [1.165, 1.54) is 7.11 Å². The maximum absolute atomic E-state index is 12.1. The van der Waals surface area contributed by atoms with Gasteiger partial charge in [0.2, 0.25) is 0 Å². The van der Waals surface area contributed by atoms with Gasteiger partial charge in [0.15, 0.2) is 11.6 Å². The molecule has 0 fully saturated rings. The van der Waals surface area contributed by atoms with Crippen LogP contribution in [-0.4, -0.2) is 46.4 Å². The summed E-state index contributed by atoms with van der Waals surface area (Å²) < 4.78 is 7.50. The first-order valence-corrected chi connectivity index (χ1v) is 7.98. The molecular formula is C15H20BrN5O2. The number of methoxy groups -OCH3 is 1. The van der Waals surface area contributed by atoms with Gasteiger partial charge in [-0.25, -0.2) is 4.98 Å². The lowest BCUT2D eigenvalue weighted by molar-refractivity contribution is -0.146. The van der Waals surface area contributed by atoms with E-state index in [2.05, 4.69) is 31.1 Å². The van der Waals surface area contributed by atoms with Crippen molar-refractivity contribution < 1.29 is 9.53 Å². The number of halogens is 1. The van der Waals surface area contributed by atoms with E-state index in [-0.39, 0.29) is 5.97 Å². The minimum Gasteiger partial charge on any atom is -0.468 e. The Bertz CT molecular complexity index is 714. The molecule has 2 aromatic rings. The predicted octanol–water partition coefficient (Wildman–Crippen LogP) is 2.33. The Kier molecular flexibility index (Phi) is 5.03. The van der Waals surface area contributed by atoms with Crippen molar-refractivity contribution >= 4 is 27.7 Å². The summed E-state index contributed by atoms with van der Waals surface area (Å²) in [6.07, 6.45) is 3.32.